The zero-order chi connectivity index (χ0) is 23.4. The molecule has 2 fully saturated rings. The van der Waals surface area contributed by atoms with Crippen LogP contribution in [0.2, 0.25) is 0 Å². The summed E-state index contributed by atoms with van der Waals surface area (Å²) in [5.41, 5.74) is 3.15. The van der Waals surface area contributed by atoms with Gasteiger partial charge in [0.2, 0.25) is 5.91 Å². The summed E-state index contributed by atoms with van der Waals surface area (Å²) in [6, 6.07) is 16.1. The second-order valence-corrected chi connectivity index (χ2v) is 11.9. The Bertz CT molecular complexity index is 1280. The van der Waals surface area contributed by atoms with Gasteiger partial charge in [-0.05, 0) is 73.8 Å². The number of fused-ring (bicyclic) bond motifs is 6. The Balaban J connectivity index is 1.35. The van der Waals surface area contributed by atoms with Gasteiger partial charge >= 0.3 is 4.87 Å². The Kier molecular flexibility index (Phi) is 5.57. The molecule has 7 heteroatoms. The third-order valence-electron chi connectivity index (χ3n) is 7.80. The number of nitrogens with zero attached hydrogens (tertiary/aromatic N) is 1. The molecule has 34 heavy (non-hydrogen) atoms. The van der Waals surface area contributed by atoms with Crippen molar-refractivity contribution in [2.45, 2.75) is 48.9 Å². The van der Waals surface area contributed by atoms with E-state index in [-0.39, 0.29) is 23.2 Å². The number of rotatable bonds is 5. The molecule has 4 unspecified atom stereocenters. The van der Waals surface area contributed by atoms with Gasteiger partial charge in [-0.2, -0.15) is 0 Å². The molecular formula is C27H28N2O3S2. The van der Waals surface area contributed by atoms with Crippen LogP contribution in [0, 0.1) is 24.7 Å². The van der Waals surface area contributed by atoms with Crippen molar-refractivity contribution in [1.82, 2.24) is 4.57 Å². The molecule has 2 aromatic carbocycles. The minimum absolute atomic E-state index is 0.0395. The normalized spacial score (nSPS) is 26.7. The number of hydrogen-bond acceptors (Lipinski definition) is 5. The maximum atomic E-state index is 13.2. The van der Waals surface area contributed by atoms with E-state index in [0.29, 0.717) is 17.1 Å². The van der Waals surface area contributed by atoms with Crippen LogP contribution < -0.4 is 14.9 Å². The van der Waals surface area contributed by atoms with Gasteiger partial charge in [0.25, 0.3) is 0 Å². The highest BCUT2D eigenvalue weighted by molar-refractivity contribution is 8.00. The Morgan fingerprint density at radius 3 is 2.56 bits per heavy atom. The van der Waals surface area contributed by atoms with E-state index in [0.717, 1.165) is 32.8 Å². The summed E-state index contributed by atoms with van der Waals surface area (Å²) in [5.74, 6) is 2.87. The number of methoxy groups -OCH3 is 1. The van der Waals surface area contributed by atoms with E-state index >= 15 is 0 Å². The third kappa shape index (κ3) is 3.69. The summed E-state index contributed by atoms with van der Waals surface area (Å²) in [6.07, 6.45) is 3.87. The maximum Gasteiger partial charge on any atom is 0.308 e. The predicted octanol–water partition coefficient (Wildman–Crippen LogP) is 5.52. The number of ether oxygens (including phenoxy) is 1. The molecule has 2 heterocycles. The van der Waals surface area contributed by atoms with Crippen LogP contribution in [0.1, 0.15) is 41.2 Å². The first-order chi connectivity index (χ1) is 16.5. The highest BCUT2D eigenvalue weighted by Crippen LogP contribution is 2.64. The molecule has 3 aliphatic rings. The van der Waals surface area contributed by atoms with Crippen LogP contribution in [0.15, 0.2) is 58.4 Å². The SMILES string of the molecule is COc1ccc([C@@H]2c3sc(=O)n(CC(=O)Nc4ccc(C)cc4)c3SC3C4CCC(C4)C32)cc1. The molecule has 0 saturated heterocycles. The van der Waals surface area contributed by atoms with Crippen molar-refractivity contribution in [2.24, 2.45) is 17.8 Å². The summed E-state index contributed by atoms with van der Waals surface area (Å²) in [7, 11) is 1.68. The highest BCUT2D eigenvalue weighted by atomic mass is 32.2. The summed E-state index contributed by atoms with van der Waals surface area (Å²) in [5, 5.41) is 4.47. The summed E-state index contributed by atoms with van der Waals surface area (Å²) < 4.78 is 7.10. The molecule has 2 aliphatic carbocycles. The Morgan fingerprint density at radius 1 is 1.09 bits per heavy atom. The molecule has 2 saturated carbocycles. The van der Waals surface area contributed by atoms with E-state index in [9.17, 15) is 9.59 Å². The first-order valence-electron chi connectivity index (χ1n) is 11.9. The molecule has 5 atom stereocenters. The monoisotopic (exact) mass is 492 g/mol. The Morgan fingerprint density at radius 2 is 1.82 bits per heavy atom. The van der Waals surface area contributed by atoms with Gasteiger partial charge in [-0.25, -0.2) is 0 Å². The van der Waals surface area contributed by atoms with Gasteiger partial charge in [0, 0.05) is 21.7 Å². The molecule has 0 radical (unpaired) electrons. The highest BCUT2D eigenvalue weighted by Gasteiger charge is 2.55. The average Bonchev–Trinajstić information content (AvgIpc) is 3.54. The number of carbonyl (C=O) groups is 1. The molecule has 1 aromatic heterocycles. The van der Waals surface area contributed by atoms with Gasteiger partial charge in [-0.3, -0.25) is 14.2 Å². The lowest BCUT2D eigenvalue weighted by atomic mass is 9.75. The number of carbonyl (C=O) groups excluding carboxylic acids is 1. The molecular weight excluding hydrogens is 464 g/mol. The van der Waals surface area contributed by atoms with Gasteiger partial charge < -0.3 is 10.1 Å². The first-order valence-corrected chi connectivity index (χ1v) is 13.6. The van der Waals surface area contributed by atoms with E-state index in [4.69, 9.17) is 4.74 Å². The van der Waals surface area contributed by atoms with Crippen molar-refractivity contribution in [3.05, 3.63) is 74.2 Å². The van der Waals surface area contributed by atoms with Gasteiger partial charge in [-0.15, -0.1) is 11.8 Å². The number of anilines is 1. The number of aryl methyl sites for hydroxylation is 1. The fourth-order valence-electron chi connectivity index (χ4n) is 6.25. The minimum Gasteiger partial charge on any atom is -0.497 e. The minimum atomic E-state index is -0.164. The second-order valence-electron chi connectivity index (χ2n) is 9.78. The molecule has 0 spiro atoms. The lowest BCUT2D eigenvalue weighted by molar-refractivity contribution is -0.116. The fourth-order valence-corrected chi connectivity index (χ4v) is 9.40. The standard InChI is InChI=1S/C27H28N2O3S2/c1-15-3-9-19(10-4-15)28-21(30)14-29-26-25(34-27(29)31)22(16-7-11-20(32-2)12-8-16)23-17-5-6-18(13-17)24(23)33-26/h3-4,7-12,17-18,22-24H,5-6,13-14H2,1-2H3,(H,28,30)/t17?,18?,22-,23?,24?/m0/s1. The van der Waals surface area contributed by atoms with Crippen molar-refractivity contribution in [3.8, 4) is 5.75 Å². The Labute approximate surface area is 207 Å². The molecule has 1 amide bonds. The first kappa shape index (κ1) is 22.0. The summed E-state index contributed by atoms with van der Waals surface area (Å²) >= 11 is 3.19. The van der Waals surface area contributed by atoms with Crippen molar-refractivity contribution >= 4 is 34.7 Å². The van der Waals surface area contributed by atoms with Crippen LogP contribution in [-0.4, -0.2) is 22.8 Å². The van der Waals surface area contributed by atoms with Crippen LogP contribution in [0.3, 0.4) is 0 Å². The van der Waals surface area contributed by atoms with Crippen LogP contribution in [-0.2, 0) is 11.3 Å². The van der Waals surface area contributed by atoms with Crippen molar-refractivity contribution in [2.75, 3.05) is 12.4 Å². The molecule has 176 valence electrons. The van der Waals surface area contributed by atoms with Gasteiger partial charge in [0.05, 0.1) is 12.1 Å². The van der Waals surface area contributed by atoms with Crippen molar-refractivity contribution in [3.63, 3.8) is 0 Å². The van der Waals surface area contributed by atoms with Crippen LogP contribution in [0.25, 0.3) is 0 Å². The number of nitrogens with one attached hydrogen (secondary N) is 1. The van der Waals surface area contributed by atoms with Gasteiger partial charge in [-0.1, -0.05) is 41.2 Å². The molecule has 1 N–H and O–H groups in total. The third-order valence-corrected chi connectivity index (χ3v) is 10.6. The van der Waals surface area contributed by atoms with Crippen molar-refractivity contribution < 1.29 is 9.53 Å². The maximum absolute atomic E-state index is 13.2. The van der Waals surface area contributed by atoms with E-state index in [2.05, 4.69) is 17.4 Å². The van der Waals surface area contributed by atoms with Crippen LogP contribution >= 0.6 is 23.1 Å². The van der Waals surface area contributed by atoms with Gasteiger partial charge in [0.15, 0.2) is 0 Å². The summed E-state index contributed by atoms with van der Waals surface area (Å²) in [6.45, 7) is 2.06. The van der Waals surface area contributed by atoms with Crippen LogP contribution in [0.4, 0.5) is 5.69 Å². The van der Waals surface area contributed by atoms with E-state index in [1.165, 1.54) is 36.2 Å². The lowest BCUT2D eigenvalue weighted by Gasteiger charge is -2.40. The number of thiazole rings is 1. The fraction of sp³-hybridized carbons (Fsp3) is 0.407. The number of aromatic nitrogens is 1. The largest absolute Gasteiger partial charge is 0.497 e. The predicted molar refractivity (Wildman–Crippen MR) is 137 cm³/mol. The molecule has 3 aromatic rings. The number of amides is 1. The van der Waals surface area contributed by atoms with Gasteiger partial charge in [0.1, 0.15) is 12.3 Å². The smallest absolute Gasteiger partial charge is 0.308 e. The number of thioether (sulfide) groups is 1. The topological polar surface area (TPSA) is 60.3 Å². The molecule has 6 rings (SSSR count). The van der Waals surface area contributed by atoms with E-state index < -0.39 is 0 Å². The Hall–Kier alpha value is -2.51. The van der Waals surface area contributed by atoms with E-state index in [1.54, 1.807) is 11.7 Å². The zero-order valence-corrected chi connectivity index (χ0v) is 21.0. The number of hydrogen-bond donors (Lipinski definition) is 1. The second kappa shape index (κ2) is 8.61. The van der Waals surface area contributed by atoms with Crippen LogP contribution in [0.5, 0.6) is 5.75 Å². The summed E-state index contributed by atoms with van der Waals surface area (Å²) in [4.78, 5) is 27.2. The number of benzene rings is 2. The molecule has 5 nitrogen and oxygen atoms in total. The molecule has 1 aliphatic heterocycles. The lowest BCUT2D eigenvalue weighted by Crippen LogP contribution is -2.34. The van der Waals surface area contributed by atoms with Crippen molar-refractivity contribution in [1.29, 1.82) is 0 Å². The zero-order valence-electron chi connectivity index (χ0n) is 19.3. The molecule has 2 bridgehead atoms. The van der Waals surface area contributed by atoms with E-state index in [1.807, 2.05) is 55.1 Å². The average molecular weight is 493 g/mol. The quantitative estimate of drug-likeness (QED) is 0.510.